The number of ketones is 1. The zero-order chi connectivity index (χ0) is 9.84. The Balaban J connectivity index is 2.97. The summed E-state index contributed by atoms with van der Waals surface area (Å²) < 4.78 is 0. The van der Waals surface area contributed by atoms with E-state index in [1.165, 1.54) is 0 Å². The predicted octanol–water partition coefficient (Wildman–Crippen LogP) is 1.69. The average Bonchev–Trinajstić information content (AvgIpc) is 2.17. The van der Waals surface area contributed by atoms with Gasteiger partial charge in [0.1, 0.15) is 0 Å². The number of hydrogen-bond acceptors (Lipinski definition) is 3. The lowest BCUT2D eigenvalue weighted by atomic mass is 10.1. The average molecular weight is 197 g/mol. The minimum atomic E-state index is -0.357. The molecule has 3 nitrogen and oxygen atoms in total. The largest absolute Gasteiger partial charge is 0.322 e. The van der Waals surface area contributed by atoms with E-state index < -0.39 is 0 Å². The molecule has 68 valence electrons. The minimum Gasteiger partial charge on any atom is -0.322 e. The summed E-state index contributed by atoms with van der Waals surface area (Å²) >= 11 is 5.47. The molecule has 1 aromatic carbocycles. The van der Waals surface area contributed by atoms with Gasteiger partial charge in [0, 0.05) is 5.56 Å². The molecular formula is C9H9ClN2O. The molecule has 0 unspecified atom stereocenters. The smallest absolute Gasteiger partial charge is 0.224 e. The molecule has 0 aliphatic carbocycles. The molecule has 0 saturated carbocycles. The number of hydrazone groups is 1. The summed E-state index contributed by atoms with van der Waals surface area (Å²) in [5.41, 5.74) is 1.57. The van der Waals surface area contributed by atoms with Gasteiger partial charge in [-0.3, -0.25) is 4.79 Å². The Bertz CT molecular complexity index is 343. The maximum Gasteiger partial charge on any atom is 0.224 e. The van der Waals surface area contributed by atoms with Gasteiger partial charge in [0.2, 0.25) is 5.78 Å². The van der Waals surface area contributed by atoms with Crippen molar-refractivity contribution < 1.29 is 4.79 Å². The highest BCUT2D eigenvalue weighted by molar-refractivity contribution is 6.84. The van der Waals surface area contributed by atoms with Gasteiger partial charge >= 0.3 is 0 Å². The van der Waals surface area contributed by atoms with E-state index in [4.69, 9.17) is 17.4 Å². The molecule has 0 aliphatic rings. The van der Waals surface area contributed by atoms with Crippen molar-refractivity contribution in [3.63, 3.8) is 0 Å². The second-order valence-electron chi connectivity index (χ2n) is 2.62. The molecular weight excluding hydrogens is 188 g/mol. The molecule has 4 heteroatoms. The van der Waals surface area contributed by atoms with Gasteiger partial charge in [-0.2, -0.15) is 5.10 Å². The van der Waals surface area contributed by atoms with E-state index in [9.17, 15) is 4.79 Å². The van der Waals surface area contributed by atoms with Gasteiger partial charge in [-0.15, -0.1) is 0 Å². The van der Waals surface area contributed by atoms with Crippen LogP contribution < -0.4 is 5.84 Å². The van der Waals surface area contributed by atoms with Crippen LogP contribution in [-0.4, -0.2) is 11.0 Å². The Morgan fingerprint density at radius 3 is 2.38 bits per heavy atom. The van der Waals surface area contributed by atoms with Crippen LogP contribution >= 0.6 is 11.6 Å². The van der Waals surface area contributed by atoms with E-state index in [2.05, 4.69) is 5.10 Å². The van der Waals surface area contributed by atoms with Crippen molar-refractivity contribution >= 4 is 22.6 Å². The van der Waals surface area contributed by atoms with Crippen LogP contribution in [0.1, 0.15) is 15.9 Å². The number of benzene rings is 1. The minimum absolute atomic E-state index is 0.205. The van der Waals surface area contributed by atoms with E-state index >= 15 is 0 Å². The highest BCUT2D eigenvalue weighted by Gasteiger charge is 2.10. The van der Waals surface area contributed by atoms with Gasteiger partial charge in [-0.05, 0) is 6.92 Å². The lowest BCUT2D eigenvalue weighted by Gasteiger charge is -1.97. The molecule has 0 fully saturated rings. The number of Topliss-reactive ketones (excluding diaryl/α,β-unsaturated/α-hetero) is 1. The molecule has 0 spiro atoms. The highest BCUT2D eigenvalue weighted by atomic mass is 35.5. The standard InChI is InChI=1S/C9H9ClN2O/c1-6-2-4-7(5-3-6)8(13)9(10)12-11/h2-5H,11H2,1H3/b12-9-. The van der Waals surface area contributed by atoms with Crippen molar-refractivity contribution in [1.82, 2.24) is 0 Å². The molecule has 13 heavy (non-hydrogen) atoms. The monoisotopic (exact) mass is 196 g/mol. The topological polar surface area (TPSA) is 55.5 Å². The van der Waals surface area contributed by atoms with Crippen LogP contribution in [-0.2, 0) is 0 Å². The number of nitrogens with two attached hydrogens (primary N) is 1. The van der Waals surface area contributed by atoms with Crippen LogP contribution in [0.2, 0.25) is 0 Å². The second-order valence-corrected chi connectivity index (χ2v) is 2.97. The van der Waals surface area contributed by atoms with Crippen molar-refractivity contribution in [3.8, 4) is 0 Å². The van der Waals surface area contributed by atoms with E-state index in [1.54, 1.807) is 12.1 Å². The first-order valence-corrected chi connectivity index (χ1v) is 4.07. The van der Waals surface area contributed by atoms with Gasteiger partial charge in [0.25, 0.3) is 0 Å². The number of carbonyl (C=O) groups excluding carboxylic acids is 1. The fourth-order valence-electron chi connectivity index (χ4n) is 0.883. The molecule has 2 N–H and O–H groups in total. The first kappa shape index (κ1) is 9.74. The Labute approximate surface area is 81.2 Å². The Hall–Kier alpha value is -1.35. The molecule has 0 aromatic heterocycles. The van der Waals surface area contributed by atoms with Crippen molar-refractivity contribution in [3.05, 3.63) is 35.4 Å². The molecule has 1 rings (SSSR count). The normalized spacial score (nSPS) is 11.4. The van der Waals surface area contributed by atoms with E-state index in [0.29, 0.717) is 5.56 Å². The van der Waals surface area contributed by atoms with Gasteiger partial charge < -0.3 is 5.84 Å². The number of nitrogens with zero attached hydrogens (tertiary/aromatic N) is 1. The summed E-state index contributed by atoms with van der Waals surface area (Å²) in [7, 11) is 0. The molecule has 0 saturated heterocycles. The van der Waals surface area contributed by atoms with Crippen molar-refractivity contribution in [2.24, 2.45) is 10.9 Å². The quantitative estimate of drug-likeness (QED) is 0.339. The molecule has 0 atom stereocenters. The van der Waals surface area contributed by atoms with Crippen LogP contribution in [0.15, 0.2) is 29.4 Å². The van der Waals surface area contributed by atoms with Crippen LogP contribution in [0.25, 0.3) is 0 Å². The zero-order valence-corrected chi connectivity index (χ0v) is 7.88. The Morgan fingerprint density at radius 2 is 1.92 bits per heavy atom. The second kappa shape index (κ2) is 4.05. The predicted molar refractivity (Wildman–Crippen MR) is 53.0 cm³/mol. The number of rotatable bonds is 2. The Kier molecular flexibility index (Phi) is 3.03. The van der Waals surface area contributed by atoms with Crippen LogP contribution in [0, 0.1) is 6.92 Å². The van der Waals surface area contributed by atoms with Gasteiger partial charge in [-0.25, -0.2) is 0 Å². The highest BCUT2D eigenvalue weighted by Crippen LogP contribution is 2.06. The third kappa shape index (κ3) is 2.29. The molecule has 0 aliphatic heterocycles. The molecule has 0 bridgehead atoms. The van der Waals surface area contributed by atoms with E-state index in [-0.39, 0.29) is 11.0 Å². The van der Waals surface area contributed by atoms with E-state index in [1.807, 2.05) is 19.1 Å². The summed E-state index contributed by atoms with van der Waals surface area (Å²) in [6, 6.07) is 7.03. The van der Waals surface area contributed by atoms with E-state index in [0.717, 1.165) is 5.56 Å². The number of hydrogen-bond donors (Lipinski definition) is 1. The van der Waals surface area contributed by atoms with Crippen molar-refractivity contribution in [2.45, 2.75) is 6.92 Å². The first-order valence-electron chi connectivity index (χ1n) is 3.70. The van der Waals surface area contributed by atoms with Crippen LogP contribution in [0.5, 0.6) is 0 Å². The van der Waals surface area contributed by atoms with Gasteiger partial charge in [0.05, 0.1) is 0 Å². The summed E-state index contributed by atoms with van der Waals surface area (Å²) in [5.74, 6) is 4.52. The Morgan fingerprint density at radius 1 is 1.38 bits per heavy atom. The number of carbonyl (C=O) groups is 1. The van der Waals surface area contributed by atoms with Gasteiger partial charge in [-0.1, -0.05) is 41.4 Å². The SMILES string of the molecule is Cc1ccc(C(=O)/C(Cl)=N/N)cc1. The van der Waals surface area contributed by atoms with Crippen molar-refractivity contribution in [2.75, 3.05) is 0 Å². The van der Waals surface area contributed by atoms with Crippen LogP contribution in [0.3, 0.4) is 0 Å². The first-order chi connectivity index (χ1) is 6.15. The number of halogens is 1. The summed E-state index contributed by atoms with van der Waals surface area (Å²) in [6.07, 6.45) is 0. The van der Waals surface area contributed by atoms with Crippen LogP contribution in [0.4, 0.5) is 0 Å². The fourth-order valence-corrected chi connectivity index (χ4v) is 0.992. The van der Waals surface area contributed by atoms with Crippen molar-refractivity contribution in [1.29, 1.82) is 0 Å². The third-order valence-corrected chi connectivity index (χ3v) is 1.88. The number of aryl methyl sites for hydroxylation is 1. The van der Waals surface area contributed by atoms with Gasteiger partial charge in [0.15, 0.2) is 5.17 Å². The summed E-state index contributed by atoms with van der Waals surface area (Å²) in [6.45, 7) is 1.94. The molecule has 1 aromatic rings. The summed E-state index contributed by atoms with van der Waals surface area (Å²) in [4.78, 5) is 11.3. The fraction of sp³-hybridized carbons (Fsp3) is 0.111. The molecule has 0 radical (unpaired) electrons. The molecule has 0 heterocycles. The maximum absolute atomic E-state index is 11.3. The lowest BCUT2D eigenvalue weighted by Crippen LogP contribution is -2.09. The molecule has 0 amide bonds. The summed E-state index contributed by atoms with van der Waals surface area (Å²) in [5, 5.41) is 2.91. The maximum atomic E-state index is 11.3. The third-order valence-electron chi connectivity index (χ3n) is 1.61. The lowest BCUT2D eigenvalue weighted by molar-refractivity contribution is 0.106. The zero-order valence-electron chi connectivity index (χ0n) is 7.12.